The number of carbonyl (C=O) groups is 1. The van der Waals surface area contributed by atoms with Crippen LogP contribution in [0.15, 0.2) is 0 Å². The molecule has 6 atom stereocenters. The highest BCUT2D eigenvalue weighted by molar-refractivity contribution is 6.17. The van der Waals surface area contributed by atoms with Crippen LogP contribution in [-0.2, 0) is 9.63 Å². The van der Waals surface area contributed by atoms with E-state index in [1.807, 2.05) is 0 Å². The van der Waals surface area contributed by atoms with Crippen molar-refractivity contribution in [1.82, 2.24) is 15.3 Å². The molecule has 0 radical (unpaired) electrons. The van der Waals surface area contributed by atoms with Gasteiger partial charge in [0.25, 0.3) is 0 Å². The third kappa shape index (κ3) is 9.37. The van der Waals surface area contributed by atoms with Crippen LogP contribution < -0.4 is 5.32 Å². The molecule has 1 heterocycles. The van der Waals surface area contributed by atoms with E-state index in [1.54, 1.807) is 12.0 Å². The van der Waals surface area contributed by atoms with Gasteiger partial charge in [-0.3, -0.25) is 9.63 Å². The Kier molecular flexibility index (Phi) is 13.5. The highest BCUT2D eigenvalue weighted by Crippen LogP contribution is 2.35. The maximum atomic E-state index is 13.4. The van der Waals surface area contributed by atoms with E-state index in [0.717, 1.165) is 51.5 Å². The summed E-state index contributed by atoms with van der Waals surface area (Å²) in [5.41, 5.74) is 0. The Hall–Kier alpha value is -0.880. The van der Waals surface area contributed by atoms with Crippen LogP contribution in [0.5, 0.6) is 0 Å². The first-order valence-corrected chi connectivity index (χ1v) is 15.2. The fourth-order valence-electron chi connectivity index (χ4n) is 6.46. The summed E-state index contributed by atoms with van der Waals surface area (Å²) in [6, 6.07) is 0.0563. The lowest BCUT2D eigenvalue weighted by atomic mass is 9.81. The molecule has 0 aromatic heterocycles. The molecule has 3 fully saturated rings. The summed E-state index contributed by atoms with van der Waals surface area (Å²) in [7, 11) is 2.19. The van der Waals surface area contributed by atoms with Crippen molar-refractivity contribution in [1.29, 1.82) is 0 Å². The van der Waals surface area contributed by atoms with Gasteiger partial charge in [0, 0.05) is 43.3 Å². The van der Waals surface area contributed by atoms with Crippen molar-refractivity contribution < 1.29 is 19.8 Å². The van der Waals surface area contributed by atoms with Gasteiger partial charge in [-0.1, -0.05) is 31.6 Å². The summed E-state index contributed by atoms with van der Waals surface area (Å²) in [4.78, 5) is 22.0. The number of aliphatic hydroxyl groups is 2. The van der Waals surface area contributed by atoms with Crippen molar-refractivity contribution in [2.45, 2.75) is 108 Å². The first-order valence-electron chi connectivity index (χ1n) is 14.7. The van der Waals surface area contributed by atoms with Crippen molar-refractivity contribution in [3.05, 3.63) is 0 Å². The lowest BCUT2D eigenvalue weighted by molar-refractivity contribution is -0.183. The zero-order valence-corrected chi connectivity index (χ0v) is 23.8. The monoisotopic (exact) mass is 539 g/mol. The highest BCUT2D eigenvalue weighted by Gasteiger charge is 2.49. The van der Waals surface area contributed by atoms with E-state index in [1.165, 1.54) is 32.1 Å². The number of unbranched alkanes of at least 4 members (excludes halogenated alkanes) is 1. The zero-order valence-electron chi connectivity index (χ0n) is 23.0. The number of hydrogen-bond donors (Lipinski definition) is 3. The van der Waals surface area contributed by atoms with Gasteiger partial charge in [-0.2, -0.15) is 5.06 Å². The van der Waals surface area contributed by atoms with Crippen LogP contribution in [-0.4, -0.2) is 89.5 Å². The first kappa shape index (κ1) is 30.7. The van der Waals surface area contributed by atoms with Gasteiger partial charge in [0.15, 0.2) is 0 Å². The molecule has 0 bridgehead atoms. The topological polar surface area (TPSA) is 85.3 Å². The maximum Gasteiger partial charge on any atom is 0.240 e. The fourth-order valence-corrected chi connectivity index (χ4v) is 6.59. The molecule has 37 heavy (non-hydrogen) atoms. The van der Waals surface area contributed by atoms with Gasteiger partial charge in [-0.05, 0) is 71.4 Å². The van der Waals surface area contributed by atoms with E-state index in [-0.39, 0.29) is 12.5 Å². The Morgan fingerprint density at radius 2 is 1.97 bits per heavy atom. The smallest absolute Gasteiger partial charge is 0.240 e. The van der Waals surface area contributed by atoms with E-state index in [9.17, 15) is 15.0 Å². The third-order valence-corrected chi connectivity index (χ3v) is 8.80. The Balaban J connectivity index is 1.55. The van der Waals surface area contributed by atoms with E-state index in [2.05, 4.69) is 29.1 Å². The Morgan fingerprint density at radius 1 is 1.19 bits per heavy atom. The summed E-state index contributed by atoms with van der Waals surface area (Å²) < 4.78 is 0. The van der Waals surface area contributed by atoms with Gasteiger partial charge in [-0.25, -0.2) is 0 Å². The van der Waals surface area contributed by atoms with Crippen molar-refractivity contribution in [3.63, 3.8) is 0 Å². The SMILES string of the molecule is C[C@@H](O)[C@H]1[C@@H](CO)ON(CC2CCCC(C#CCCCCl)C2)[C@H]1C(=O)NCCCN(C)C1CCCCC1. The fraction of sp³-hybridized carbons (Fsp3) is 0.897. The van der Waals surface area contributed by atoms with E-state index >= 15 is 0 Å². The van der Waals surface area contributed by atoms with Gasteiger partial charge in [0.2, 0.25) is 5.91 Å². The summed E-state index contributed by atoms with van der Waals surface area (Å²) >= 11 is 5.77. The summed E-state index contributed by atoms with van der Waals surface area (Å²) in [6.07, 6.45) is 12.1. The number of carbonyl (C=O) groups excluding carboxylic acids is 1. The number of amides is 1. The number of halogens is 1. The second-order valence-corrected chi connectivity index (χ2v) is 11.8. The minimum atomic E-state index is -0.762. The number of nitrogens with one attached hydrogen (secondary N) is 1. The Labute approximate surface area is 229 Å². The second kappa shape index (κ2) is 16.3. The number of alkyl halides is 1. The number of nitrogens with zero attached hydrogens (tertiary/aromatic N) is 2. The summed E-state index contributed by atoms with van der Waals surface area (Å²) in [5, 5.41) is 25.4. The number of aliphatic hydroxyl groups excluding tert-OH is 2. The molecule has 2 unspecified atom stereocenters. The van der Waals surface area contributed by atoms with Crippen LogP contribution in [0.3, 0.4) is 0 Å². The summed E-state index contributed by atoms with van der Waals surface area (Å²) in [5.74, 6) is 7.50. The van der Waals surface area contributed by atoms with Crippen LogP contribution in [0.25, 0.3) is 0 Å². The van der Waals surface area contributed by atoms with Crippen LogP contribution >= 0.6 is 11.6 Å². The van der Waals surface area contributed by atoms with Crippen molar-refractivity contribution in [2.24, 2.45) is 17.8 Å². The molecule has 2 aliphatic carbocycles. The van der Waals surface area contributed by atoms with Crippen molar-refractivity contribution >= 4 is 17.5 Å². The van der Waals surface area contributed by atoms with Gasteiger partial charge in [0.05, 0.1) is 12.7 Å². The molecule has 0 aromatic rings. The van der Waals surface area contributed by atoms with Crippen LogP contribution in [0.4, 0.5) is 0 Å². The molecule has 8 heteroatoms. The molecular formula is C29H50ClN3O4. The molecule has 3 N–H and O–H groups in total. The lowest BCUT2D eigenvalue weighted by Gasteiger charge is -2.32. The van der Waals surface area contributed by atoms with E-state index < -0.39 is 24.2 Å². The van der Waals surface area contributed by atoms with E-state index in [0.29, 0.717) is 36.8 Å². The standard InChI is InChI=1S/C29H50ClN3O4/c1-22(35)27-26(21-34)37-33(20-24-13-9-12-23(19-24)11-5-4-8-16-30)28(27)29(36)31-17-10-18-32(2)25-14-6-3-7-15-25/h22-28,34-35H,3-4,6-10,12-21H2,1-2H3,(H,31,36)/t22-,23?,24?,26-,27+,28-/m1/s1. The molecule has 0 spiro atoms. The number of hydrogen-bond acceptors (Lipinski definition) is 6. The molecule has 1 saturated heterocycles. The predicted octanol–water partition coefficient (Wildman–Crippen LogP) is 3.56. The van der Waals surface area contributed by atoms with Crippen LogP contribution in [0.1, 0.15) is 84.0 Å². The molecule has 3 aliphatic rings. The lowest BCUT2D eigenvalue weighted by Crippen LogP contribution is -2.50. The predicted molar refractivity (Wildman–Crippen MR) is 148 cm³/mol. The molecule has 1 aliphatic heterocycles. The minimum absolute atomic E-state index is 0.115. The van der Waals surface area contributed by atoms with Gasteiger partial charge >= 0.3 is 0 Å². The Morgan fingerprint density at radius 3 is 2.68 bits per heavy atom. The molecule has 3 rings (SSSR count). The molecule has 7 nitrogen and oxygen atoms in total. The van der Waals surface area contributed by atoms with Crippen molar-refractivity contribution in [3.8, 4) is 11.8 Å². The highest BCUT2D eigenvalue weighted by atomic mass is 35.5. The number of hydroxylamine groups is 2. The van der Waals surface area contributed by atoms with Crippen LogP contribution in [0, 0.1) is 29.6 Å². The quantitative estimate of drug-likeness (QED) is 0.200. The molecule has 0 aromatic carbocycles. The van der Waals surface area contributed by atoms with Crippen molar-refractivity contribution in [2.75, 3.05) is 39.2 Å². The van der Waals surface area contributed by atoms with Gasteiger partial charge in [0.1, 0.15) is 12.1 Å². The maximum absolute atomic E-state index is 13.4. The normalized spacial score (nSPS) is 30.2. The average Bonchev–Trinajstić information content (AvgIpc) is 3.28. The van der Waals surface area contributed by atoms with E-state index in [4.69, 9.17) is 16.4 Å². The second-order valence-electron chi connectivity index (χ2n) is 11.4. The van der Waals surface area contributed by atoms with Crippen LogP contribution in [0.2, 0.25) is 0 Å². The molecular weight excluding hydrogens is 490 g/mol. The number of rotatable bonds is 12. The van der Waals surface area contributed by atoms with Gasteiger partial charge in [-0.15, -0.1) is 17.5 Å². The largest absolute Gasteiger partial charge is 0.394 e. The molecule has 2 saturated carbocycles. The molecule has 212 valence electrons. The minimum Gasteiger partial charge on any atom is -0.394 e. The summed E-state index contributed by atoms with van der Waals surface area (Å²) in [6.45, 7) is 3.64. The first-order chi connectivity index (χ1) is 17.9. The molecule has 1 amide bonds. The third-order valence-electron chi connectivity index (χ3n) is 8.53. The zero-order chi connectivity index (χ0) is 26.6. The average molecular weight is 540 g/mol. The van der Waals surface area contributed by atoms with Gasteiger partial charge < -0.3 is 20.4 Å². The Bertz CT molecular complexity index is 736.